The number of benzene rings is 1. The molecule has 2 aromatic rings. The Hall–Kier alpha value is -1.94. The van der Waals surface area contributed by atoms with Crippen LogP contribution in [0.3, 0.4) is 0 Å². The molecule has 1 aliphatic heterocycles. The number of hydrogen-bond donors (Lipinski definition) is 2. The van der Waals surface area contributed by atoms with E-state index in [-0.39, 0.29) is 29.8 Å². The lowest BCUT2D eigenvalue weighted by molar-refractivity contribution is 0.312. The van der Waals surface area contributed by atoms with Gasteiger partial charge in [0, 0.05) is 52.5 Å². The van der Waals surface area contributed by atoms with Gasteiger partial charge in [0.2, 0.25) is 0 Å². The van der Waals surface area contributed by atoms with Crippen LogP contribution in [0.25, 0.3) is 0 Å². The van der Waals surface area contributed by atoms with Crippen molar-refractivity contribution in [3.8, 4) is 0 Å². The van der Waals surface area contributed by atoms with E-state index in [9.17, 15) is 4.39 Å². The first-order valence-corrected chi connectivity index (χ1v) is 9.71. The van der Waals surface area contributed by atoms with Crippen molar-refractivity contribution >= 4 is 35.8 Å². The normalized spacial score (nSPS) is 15.0. The Kier molecular flexibility index (Phi) is 9.59. The SMILES string of the molecule is CN=C(NCCc1cccc(F)c1)NCc1ccnc(N2CCN(C)CC2)c1.I. The number of nitrogens with one attached hydrogen (secondary N) is 2. The van der Waals surface area contributed by atoms with E-state index in [2.05, 4.69) is 43.5 Å². The fourth-order valence-electron chi connectivity index (χ4n) is 3.20. The van der Waals surface area contributed by atoms with Crippen LogP contribution in [0.4, 0.5) is 10.2 Å². The van der Waals surface area contributed by atoms with E-state index in [1.807, 2.05) is 18.3 Å². The van der Waals surface area contributed by atoms with E-state index in [4.69, 9.17) is 0 Å². The summed E-state index contributed by atoms with van der Waals surface area (Å²) < 4.78 is 13.2. The summed E-state index contributed by atoms with van der Waals surface area (Å²) in [6.45, 7) is 5.49. The molecule has 0 saturated carbocycles. The lowest BCUT2D eigenvalue weighted by atomic mass is 10.1. The van der Waals surface area contributed by atoms with E-state index in [1.54, 1.807) is 19.2 Å². The predicted molar refractivity (Wildman–Crippen MR) is 128 cm³/mol. The maximum Gasteiger partial charge on any atom is 0.191 e. The van der Waals surface area contributed by atoms with Gasteiger partial charge in [-0.2, -0.15) is 0 Å². The number of hydrogen-bond acceptors (Lipinski definition) is 4. The quantitative estimate of drug-likeness (QED) is 0.354. The van der Waals surface area contributed by atoms with Crippen molar-refractivity contribution in [3.63, 3.8) is 0 Å². The molecule has 2 heterocycles. The minimum Gasteiger partial charge on any atom is -0.356 e. The van der Waals surface area contributed by atoms with Crippen LogP contribution >= 0.6 is 24.0 Å². The number of likely N-dealkylation sites (N-methyl/N-ethyl adjacent to an activating group) is 1. The minimum absolute atomic E-state index is 0. The van der Waals surface area contributed by atoms with Crippen molar-refractivity contribution in [2.75, 3.05) is 51.7 Å². The molecule has 158 valence electrons. The largest absolute Gasteiger partial charge is 0.356 e. The van der Waals surface area contributed by atoms with Crippen LogP contribution in [0.15, 0.2) is 47.6 Å². The van der Waals surface area contributed by atoms with Crippen LogP contribution in [0.5, 0.6) is 0 Å². The molecule has 0 radical (unpaired) electrons. The maximum atomic E-state index is 13.2. The highest BCUT2D eigenvalue weighted by atomic mass is 127. The summed E-state index contributed by atoms with van der Waals surface area (Å²) in [6, 6.07) is 10.8. The number of rotatable bonds is 6. The molecule has 29 heavy (non-hydrogen) atoms. The molecule has 1 aromatic carbocycles. The fourth-order valence-corrected chi connectivity index (χ4v) is 3.20. The molecule has 0 amide bonds. The Morgan fingerprint density at radius 1 is 1.10 bits per heavy atom. The van der Waals surface area contributed by atoms with Gasteiger partial charge < -0.3 is 20.4 Å². The number of anilines is 1. The number of aromatic nitrogens is 1. The molecule has 0 spiro atoms. The molecule has 0 unspecified atom stereocenters. The van der Waals surface area contributed by atoms with Crippen LogP contribution < -0.4 is 15.5 Å². The van der Waals surface area contributed by atoms with Crippen molar-refractivity contribution in [2.45, 2.75) is 13.0 Å². The molecule has 6 nitrogen and oxygen atoms in total. The van der Waals surface area contributed by atoms with Crippen LogP contribution in [-0.4, -0.2) is 62.7 Å². The molecule has 0 aliphatic carbocycles. The summed E-state index contributed by atoms with van der Waals surface area (Å²) in [6.07, 6.45) is 2.60. The Balaban J connectivity index is 0.00000300. The summed E-state index contributed by atoms with van der Waals surface area (Å²) in [5.41, 5.74) is 2.13. The van der Waals surface area contributed by atoms with Crippen molar-refractivity contribution in [1.82, 2.24) is 20.5 Å². The molecule has 8 heteroatoms. The first-order chi connectivity index (χ1) is 13.6. The zero-order valence-corrected chi connectivity index (χ0v) is 19.4. The standard InChI is InChI=1S/C21H29FN6.HI/c1-23-21(25-9-6-17-4-3-5-19(22)14-17)26-16-18-7-8-24-20(15-18)28-12-10-27(2)11-13-28;/h3-5,7-8,14-15H,6,9-13,16H2,1-2H3,(H2,23,25,26);1H. The van der Waals surface area contributed by atoms with Gasteiger partial charge in [0.1, 0.15) is 11.6 Å². The average Bonchev–Trinajstić information content (AvgIpc) is 2.71. The first-order valence-electron chi connectivity index (χ1n) is 9.71. The highest BCUT2D eigenvalue weighted by Crippen LogP contribution is 2.14. The van der Waals surface area contributed by atoms with Crippen LogP contribution in [0.1, 0.15) is 11.1 Å². The highest BCUT2D eigenvalue weighted by molar-refractivity contribution is 14.0. The summed E-state index contributed by atoms with van der Waals surface area (Å²) in [5.74, 6) is 1.56. The Labute approximate surface area is 189 Å². The van der Waals surface area contributed by atoms with Crippen LogP contribution in [0.2, 0.25) is 0 Å². The van der Waals surface area contributed by atoms with Gasteiger partial charge in [0.05, 0.1) is 0 Å². The summed E-state index contributed by atoms with van der Waals surface area (Å²) in [5, 5.41) is 6.61. The molecular weight excluding hydrogens is 482 g/mol. The van der Waals surface area contributed by atoms with Gasteiger partial charge in [-0.25, -0.2) is 9.37 Å². The van der Waals surface area contributed by atoms with Crippen LogP contribution in [0, 0.1) is 5.82 Å². The smallest absolute Gasteiger partial charge is 0.191 e. The number of guanidine groups is 1. The number of nitrogens with zero attached hydrogens (tertiary/aromatic N) is 4. The fraction of sp³-hybridized carbons (Fsp3) is 0.429. The zero-order chi connectivity index (χ0) is 19.8. The molecule has 1 saturated heterocycles. The molecular formula is C21H30FIN6. The summed E-state index contributed by atoms with van der Waals surface area (Å²) >= 11 is 0. The Morgan fingerprint density at radius 3 is 2.62 bits per heavy atom. The summed E-state index contributed by atoms with van der Waals surface area (Å²) in [7, 11) is 3.90. The first kappa shape index (κ1) is 23.3. The molecule has 2 N–H and O–H groups in total. The lowest BCUT2D eigenvalue weighted by Gasteiger charge is -2.33. The van der Waals surface area contributed by atoms with Crippen molar-refractivity contribution in [1.29, 1.82) is 0 Å². The van der Waals surface area contributed by atoms with E-state index >= 15 is 0 Å². The van der Waals surface area contributed by atoms with E-state index in [0.29, 0.717) is 13.1 Å². The monoisotopic (exact) mass is 512 g/mol. The van der Waals surface area contributed by atoms with Crippen molar-refractivity contribution < 1.29 is 4.39 Å². The highest BCUT2D eigenvalue weighted by Gasteiger charge is 2.15. The third-order valence-electron chi connectivity index (χ3n) is 4.92. The number of pyridine rings is 1. The van der Waals surface area contributed by atoms with Crippen LogP contribution in [-0.2, 0) is 13.0 Å². The predicted octanol–water partition coefficient (Wildman–Crippen LogP) is 2.50. The van der Waals surface area contributed by atoms with Gasteiger partial charge in [0.25, 0.3) is 0 Å². The molecule has 1 aliphatic rings. The second kappa shape index (κ2) is 11.9. The van der Waals surface area contributed by atoms with Gasteiger partial charge in [-0.15, -0.1) is 24.0 Å². The van der Waals surface area contributed by atoms with E-state index < -0.39 is 0 Å². The van der Waals surface area contributed by atoms with Gasteiger partial charge in [0.15, 0.2) is 5.96 Å². The molecule has 1 fully saturated rings. The van der Waals surface area contributed by atoms with Crippen molar-refractivity contribution in [2.24, 2.45) is 4.99 Å². The topological polar surface area (TPSA) is 55.8 Å². The number of piperazine rings is 1. The van der Waals surface area contributed by atoms with E-state index in [1.165, 1.54) is 6.07 Å². The second-order valence-corrected chi connectivity index (χ2v) is 7.05. The second-order valence-electron chi connectivity index (χ2n) is 7.05. The number of halogens is 2. The van der Waals surface area contributed by atoms with Crippen molar-refractivity contribution in [3.05, 3.63) is 59.5 Å². The Morgan fingerprint density at radius 2 is 1.90 bits per heavy atom. The maximum absolute atomic E-state index is 13.2. The molecule has 0 atom stereocenters. The van der Waals surface area contributed by atoms with Gasteiger partial charge >= 0.3 is 0 Å². The van der Waals surface area contributed by atoms with Gasteiger partial charge in [-0.05, 0) is 48.9 Å². The zero-order valence-electron chi connectivity index (χ0n) is 17.1. The molecule has 3 rings (SSSR count). The Bertz CT molecular complexity index is 792. The average molecular weight is 512 g/mol. The lowest BCUT2D eigenvalue weighted by Crippen LogP contribution is -2.44. The number of aliphatic imine (C=N–C) groups is 1. The van der Waals surface area contributed by atoms with E-state index in [0.717, 1.165) is 55.5 Å². The minimum atomic E-state index is -0.200. The molecule has 1 aromatic heterocycles. The third kappa shape index (κ3) is 7.43. The summed E-state index contributed by atoms with van der Waals surface area (Å²) in [4.78, 5) is 13.5. The molecule has 0 bridgehead atoms. The third-order valence-corrected chi connectivity index (χ3v) is 4.92. The van der Waals surface area contributed by atoms with Gasteiger partial charge in [-0.3, -0.25) is 4.99 Å². The van der Waals surface area contributed by atoms with Gasteiger partial charge in [-0.1, -0.05) is 12.1 Å².